The van der Waals surface area contributed by atoms with Gasteiger partial charge in [0.2, 0.25) is 11.8 Å². The van der Waals surface area contributed by atoms with Gasteiger partial charge >= 0.3 is 0 Å². The Hall–Kier alpha value is -1.84. The van der Waals surface area contributed by atoms with Gasteiger partial charge in [-0.3, -0.25) is 14.5 Å². The number of halogens is 2. The Labute approximate surface area is 156 Å². The van der Waals surface area contributed by atoms with Crippen molar-refractivity contribution in [3.8, 4) is 0 Å². The number of fused-ring (bicyclic) bond motifs is 1. The summed E-state index contributed by atoms with van der Waals surface area (Å²) < 4.78 is 0. The Balaban J connectivity index is 1.61. The van der Waals surface area contributed by atoms with Crippen LogP contribution in [0.5, 0.6) is 0 Å². The Morgan fingerprint density at radius 3 is 2.28 bits per heavy atom. The van der Waals surface area contributed by atoms with Crippen molar-refractivity contribution in [3.05, 3.63) is 64.1 Å². The number of amides is 2. The molecule has 0 radical (unpaired) electrons. The molecule has 1 aliphatic heterocycles. The van der Waals surface area contributed by atoms with E-state index in [2.05, 4.69) is 12.1 Å². The highest BCUT2D eigenvalue weighted by atomic mass is 35.5. The van der Waals surface area contributed by atoms with Crippen molar-refractivity contribution < 1.29 is 9.59 Å². The number of hydrogen-bond donors (Lipinski definition) is 0. The molecule has 1 aliphatic carbocycles. The third kappa shape index (κ3) is 2.86. The summed E-state index contributed by atoms with van der Waals surface area (Å²) in [5, 5.41) is 0.753. The molecule has 2 amide bonds. The summed E-state index contributed by atoms with van der Waals surface area (Å²) in [6.07, 6.45) is 2.39. The highest BCUT2D eigenvalue weighted by molar-refractivity contribution is 6.42. The van der Waals surface area contributed by atoms with Crippen LogP contribution in [0.2, 0.25) is 10.0 Å². The molecule has 0 unspecified atom stereocenters. The van der Waals surface area contributed by atoms with Crippen LogP contribution in [0.1, 0.15) is 30.7 Å². The van der Waals surface area contributed by atoms with Gasteiger partial charge in [-0.15, -0.1) is 0 Å². The highest BCUT2D eigenvalue weighted by Gasteiger charge is 2.50. The normalized spacial score (nSPS) is 26.0. The van der Waals surface area contributed by atoms with E-state index in [4.69, 9.17) is 23.2 Å². The van der Waals surface area contributed by atoms with E-state index in [0.29, 0.717) is 21.7 Å². The zero-order valence-electron chi connectivity index (χ0n) is 13.5. The predicted octanol–water partition coefficient (Wildman–Crippen LogP) is 5.07. The van der Waals surface area contributed by atoms with Crippen LogP contribution in [-0.4, -0.2) is 11.8 Å². The lowest BCUT2D eigenvalue weighted by molar-refractivity contribution is -0.122. The fourth-order valence-corrected chi connectivity index (χ4v) is 4.38. The summed E-state index contributed by atoms with van der Waals surface area (Å²) in [5.74, 6) is -0.371. The number of anilines is 1. The van der Waals surface area contributed by atoms with Gasteiger partial charge in [0.15, 0.2) is 0 Å². The molecule has 0 spiro atoms. The quantitative estimate of drug-likeness (QED) is 0.689. The topological polar surface area (TPSA) is 37.4 Å². The molecule has 2 aliphatic rings. The zero-order chi connectivity index (χ0) is 17.6. The number of nitrogens with zero attached hydrogens (tertiary/aromatic N) is 1. The van der Waals surface area contributed by atoms with Crippen LogP contribution in [-0.2, 0) is 9.59 Å². The average Bonchev–Trinajstić information content (AvgIpc) is 2.89. The highest BCUT2D eigenvalue weighted by Crippen LogP contribution is 2.46. The van der Waals surface area contributed by atoms with Crippen LogP contribution in [0, 0.1) is 11.8 Å². The van der Waals surface area contributed by atoms with Gasteiger partial charge < -0.3 is 0 Å². The maximum absolute atomic E-state index is 13.0. The van der Waals surface area contributed by atoms with Gasteiger partial charge in [-0.1, -0.05) is 53.5 Å². The SMILES string of the molecule is O=C1[C@H]2CC[C@@H](c3ccccc3)C[C@@H]2C(=O)N1c1ccc(Cl)c(Cl)c1. The molecular weight excluding hydrogens is 357 g/mol. The first-order valence-electron chi connectivity index (χ1n) is 8.44. The van der Waals surface area contributed by atoms with Crippen molar-refractivity contribution in [3.63, 3.8) is 0 Å². The molecule has 0 aromatic heterocycles. The minimum Gasteiger partial charge on any atom is -0.274 e. The van der Waals surface area contributed by atoms with E-state index in [1.165, 1.54) is 10.5 Å². The summed E-state index contributed by atoms with van der Waals surface area (Å²) in [4.78, 5) is 27.1. The van der Waals surface area contributed by atoms with Crippen molar-refractivity contribution >= 4 is 40.7 Å². The Morgan fingerprint density at radius 1 is 0.840 bits per heavy atom. The number of rotatable bonds is 2. The molecule has 0 N–H and O–H groups in total. The maximum Gasteiger partial charge on any atom is 0.237 e. The first-order valence-corrected chi connectivity index (χ1v) is 9.19. The van der Waals surface area contributed by atoms with Gasteiger partial charge in [-0.2, -0.15) is 0 Å². The molecule has 4 rings (SSSR count). The van der Waals surface area contributed by atoms with E-state index in [9.17, 15) is 9.59 Å². The Kier molecular flexibility index (Phi) is 4.30. The predicted molar refractivity (Wildman–Crippen MR) is 99.0 cm³/mol. The van der Waals surface area contributed by atoms with Gasteiger partial charge in [0.05, 0.1) is 27.6 Å². The minimum absolute atomic E-state index is 0.111. The first-order chi connectivity index (χ1) is 12.1. The molecule has 3 nitrogen and oxygen atoms in total. The van der Waals surface area contributed by atoms with Crippen LogP contribution in [0.25, 0.3) is 0 Å². The lowest BCUT2D eigenvalue weighted by Crippen LogP contribution is -2.30. The van der Waals surface area contributed by atoms with E-state index in [0.717, 1.165) is 19.3 Å². The Bertz CT molecular complexity index is 837. The maximum atomic E-state index is 13.0. The second-order valence-electron chi connectivity index (χ2n) is 6.74. The first kappa shape index (κ1) is 16.6. The van der Waals surface area contributed by atoms with Gasteiger partial charge in [-0.25, -0.2) is 0 Å². The monoisotopic (exact) mass is 373 g/mol. The Morgan fingerprint density at radius 2 is 1.56 bits per heavy atom. The van der Waals surface area contributed by atoms with Crippen LogP contribution >= 0.6 is 23.2 Å². The van der Waals surface area contributed by atoms with Crippen molar-refractivity contribution in [1.29, 1.82) is 0 Å². The van der Waals surface area contributed by atoms with Gasteiger partial charge in [0, 0.05) is 0 Å². The van der Waals surface area contributed by atoms with Crippen molar-refractivity contribution in [1.82, 2.24) is 0 Å². The van der Waals surface area contributed by atoms with Gasteiger partial charge in [-0.05, 0) is 48.9 Å². The lowest BCUT2D eigenvalue weighted by atomic mass is 9.73. The second-order valence-corrected chi connectivity index (χ2v) is 7.56. The number of carbonyl (C=O) groups excluding carboxylic acids is 2. The number of carbonyl (C=O) groups is 2. The van der Waals surface area contributed by atoms with E-state index >= 15 is 0 Å². The standard InChI is InChI=1S/C20H17Cl2NO2/c21-17-9-7-14(11-18(17)22)23-19(24)15-8-6-13(10-16(15)20(23)25)12-4-2-1-3-5-12/h1-5,7,9,11,13,15-16H,6,8,10H2/t13-,15+,16+/m1/s1. The van der Waals surface area contributed by atoms with E-state index in [-0.39, 0.29) is 23.7 Å². The van der Waals surface area contributed by atoms with Crippen LogP contribution in [0.15, 0.2) is 48.5 Å². The smallest absolute Gasteiger partial charge is 0.237 e. The molecule has 25 heavy (non-hydrogen) atoms. The third-order valence-electron chi connectivity index (χ3n) is 5.36. The molecule has 5 heteroatoms. The van der Waals surface area contributed by atoms with Crippen molar-refractivity contribution in [2.24, 2.45) is 11.8 Å². The summed E-state index contributed by atoms with van der Waals surface area (Å²) in [6.45, 7) is 0. The molecule has 3 atom stereocenters. The summed E-state index contributed by atoms with van der Waals surface area (Å²) in [5.41, 5.74) is 1.75. The molecular formula is C20H17Cl2NO2. The van der Waals surface area contributed by atoms with Crippen molar-refractivity contribution in [2.45, 2.75) is 25.2 Å². The number of benzene rings is 2. The average molecular weight is 374 g/mol. The van der Waals surface area contributed by atoms with Crippen LogP contribution in [0.4, 0.5) is 5.69 Å². The van der Waals surface area contributed by atoms with E-state index in [1.54, 1.807) is 18.2 Å². The molecule has 0 bridgehead atoms. The zero-order valence-corrected chi connectivity index (χ0v) is 15.0. The van der Waals surface area contributed by atoms with E-state index < -0.39 is 0 Å². The molecule has 2 fully saturated rings. The van der Waals surface area contributed by atoms with E-state index in [1.807, 2.05) is 18.2 Å². The largest absolute Gasteiger partial charge is 0.274 e. The second kappa shape index (κ2) is 6.47. The molecule has 1 saturated heterocycles. The molecule has 128 valence electrons. The van der Waals surface area contributed by atoms with Gasteiger partial charge in [0.25, 0.3) is 0 Å². The summed E-state index contributed by atoms with van der Waals surface area (Å²) >= 11 is 12.0. The lowest BCUT2D eigenvalue weighted by Gasteiger charge is -2.28. The summed E-state index contributed by atoms with van der Waals surface area (Å²) in [7, 11) is 0. The number of hydrogen-bond acceptors (Lipinski definition) is 2. The fourth-order valence-electron chi connectivity index (χ4n) is 4.09. The van der Waals surface area contributed by atoms with Gasteiger partial charge in [0.1, 0.15) is 0 Å². The number of imide groups is 1. The fraction of sp³-hybridized carbons (Fsp3) is 0.300. The molecule has 1 heterocycles. The molecule has 2 aromatic rings. The van der Waals surface area contributed by atoms with Crippen LogP contribution < -0.4 is 4.90 Å². The molecule has 2 aromatic carbocycles. The summed E-state index contributed by atoms with van der Waals surface area (Å²) in [6, 6.07) is 15.1. The van der Waals surface area contributed by atoms with Crippen LogP contribution in [0.3, 0.4) is 0 Å². The third-order valence-corrected chi connectivity index (χ3v) is 6.10. The molecule has 1 saturated carbocycles. The van der Waals surface area contributed by atoms with Crippen molar-refractivity contribution in [2.75, 3.05) is 4.90 Å². The minimum atomic E-state index is -0.249.